The third-order valence-electron chi connectivity index (χ3n) is 5.65. The minimum atomic E-state index is -0.467. The van der Waals surface area contributed by atoms with Gasteiger partial charge in [-0.05, 0) is 69.2 Å². The molecule has 4 rings (SSSR count). The van der Waals surface area contributed by atoms with Crippen LogP contribution in [0.3, 0.4) is 0 Å². The fourth-order valence-electron chi connectivity index (χ4n) is 4.16. The molecule has 6 nitrogen and oxygen atoms in total. The Morgan fingerprint density at radius 1 is 0.967 bits per heavy atom. The van der Waals surface area contributed by atoms with Crippen molar-refractivity contribution in [1.82, 2.24) is 4.57 Å². The van der Waals surface area contributed by atoms with Crippen molar-refractivity contribution in [3.05, 3.63) is 86.2 Å². The van der Waals surface area contributed by atoms with Gasteiger partial charge in [-0.3, -0.25) is 14.9 Å². The van der Waals surface area contributed by atoms with Gasteiger partial charge >= 0.3 is 0 Å². The molecule has 0 radical (unpaired) electrons. The highest BCUT2D eigenvalue weighted by atomic mass is 35.5. The smallest absolute Gasteiger partial charge is 0.282 e. The predicted molar refractivity (Wildman–Crippen MR) is 118 cm³/mol. The van der Waals surface area contributed by atoms with Crippen molar-refractivity contribution in [2.24, 2.45) is 0 Å². The number of carbonyl (C=O) groups excluding carboxylic acids is 1. The number of aromatic nitrogens is 1. The summed E-state index contributed by atoms with van der Waals surface area (Å²) in [7, 11) is 0. The van der Waals surface area contributed by atoms with Crippen molar-refractivity contribution >= 4 is 28.8 Å². The Bertz CT molecular complexity index is 1130. The molecule has 3 aromatic rings. The molecule has 0 saturated carbocycles. The Balaban J connectivity index is 1.75. The normalized spacial score (nSPS) is 13.6. The van der Waals surface area contributed by atoms with E-state index in [4.69, 9.17) is 11.6 Å². The Morgan fingerprint density at radius 2 is 1.60 bits per heavy atom. The van der Waals surface area contributed by atoms with E-state index in [0.717, 1.165) is 48.7 Å². The van der Waals surface area contributed by atoms with Crippen LogP contribution in [0.4, 0.5) is 11.4 Å². The number of hydrogen-bond donors (Lipinski definition) is 0. The van der Waals surface area contributed by atoms with E-state index in [1.165, 1.54) is 6.07 Å². The van der Waals surface area contributed by atoms with Gasteiger partial charge in [0.05, 0.1) is 4.92 Å². The van der Waals surface area contributed by atoms with Gasteiger partial charge in [-0.25, -0.2) is 0 Å². The average Bonchev–Trinajstić information content (AvgIpc) is 3.36. The van der Waals surface area contributed by atoms with Gasteiger partial charge in [0.15, 0.2) is 0 Å². The molecule has 1 saturated heterocycles. The van der Waals surface area contributed by atoms with Gasteiger partial charge in [-0.2, -0.15) is 0 Å². The molecule has 1 aliphatic rings. The van der Waals surface area contributed by atoms with E-state index in [1.807, 2.05) is 36.6 Å². The summed E-state index contributed by atoms with van der Waals surface area (Å²) in [5.74, 6) is -0.344. The monoisotopic (exact) mass is 423 g/mol. The number of rotatable bonds is 5. The van der Waals surface area contributed by atoms with Crippen molar-refractivity contribution in [3.8, 4) is 5.69 Å². The Kier molecular flexibility index (Phi) is 5.35. The standard InChI is InChI=1S/C23H22ClN3O3/c1-15-13-21(16(2)26(15)18-7-5-17(24)6-8-18)23(28)20-10-9-19(14-22(20)27(29)30)25-11-3-4-12-25/h5-10,13-14H,3-4,11-12H2,1-2H3. The number of ketones is 1. The highest BCUT2D eigenvalue weighted by Crippen LogP contribution is 2.31. The van der Waals surface area contributed by atoms with Gasteiger partial charge in [0, 0.05) is 52.5 Å². The number of carbonyl (C=O) groups is 1. The lowest BCUT2D eigenvalue weighted by atomic mass is 10.0. The zero-order chi connectivity index (χ0) is 21.4. The average molecular weight is 424 g/mol. The number of nitrogens with zero attached hydrogens (tertiary/aromatic N) is 3. The number of anilines is 1. The van der Waals surface area contributed by atoms with Gasteiger partial charge in [-0.15, -0.1) is 0 Å². The summed E-state index contributed by atoms with van der Waals surface area (Å²) in [5.41, 5.74) is 3.70. The Morgan fingerprint density at radius 3 is 2.23 bits per heavy atom. The maximum atomic E-state index is 13.3. The van der Waals surface area contributed by atoms with Crippen molar-refractivity contribution < 1.29 is 9.72 Å². The van der Waals surface area contributed by atoms with Crippen molar-refractivity contribution in [2.45, 2.75) is 26.7 Å². The van der Waals surface area contributed by atoms with E-state index >= 15 is 0 Å². The lowest BCUT2D eigenvalue weighted by Gasteiger charge is -2.17. The summed E-state index contributed by atoms with van der Waals surface area (Å²) >= 11 is 5.99. The van der Waals surface area contributed by atoms with E-state index in [0.29, 0.717) is 10.6 Å². The van der Waals surface area contributed by atoms with E-state index in [2.05, 4.69) is 4.90 Å². The summed E-state index contributed by atoms with van der Waals surface area (Å²) in [6.07, 6.45) is 2.15. The highest BCUT2D eigenvalue weighted by molar-refractivity contribution is 6.30. The molecule has 0 N–H and O–H groups in total. The molecule has 0 atom stereocenters. The van der Waals surface area contributed by atoms with Crippen LogP contribution in [-0.2, 0) is 0 Å². The van der Waals surface area contributed by atoms with Crippen LogP contribution in [0.5, 0.6) is 0 Å². The second-order valence-electron chi connectivity index (χ2n) is 7.58. The first-order valence-electron chi connectivity index (χ1n) is 9.90. The molecule has 2 aromatic carbocycles. The number of aryl methyl sites for hydroxylation is 1. The first kappa shape index (κ1) is 20.2. The Hall–Kier alpha value is -3.12. The lowest BCUT2D eigenvalue weighted by Crippen LogP contribution is -2.18. The summed E-state index contributed by atoms with van der Waals surface area (Å²) in [4.78, 5) is 26.7. The molecule has 0 aliphatic carbocycles. The zero-order valence-corrected chi connectivity index (χ0v) is 17.6. The molecule has 0 spiro atoms. The fraction of sp³-hybridized carbons (Fsp3) is 0.261. The molecular formula is C23H22ClN3O3. The van der Waals surface area contributed by atoms with E-state index < -0.39 is 4.92 Å². The molecule has 7 heteroatoms. The molecule has 2 heterocycles. The molecule has 30 heavy (non-hydrogen) atoms. The molecule has 154 valence electrons. The van der Waals surface area contributed by atoms with Gasteiger partial charge in [0.2, 0.25) is 5.78 Å². The van der Waals surface area contributed by atoms with Crippen LogP contribution in [0, 0.1) is 24.0 Å². The van der Waals surface area contributed by atoms with Gasteiger partial charge < -0.3 is 9.47 Å². The zero-order valence-electron chi connectivity index (χ0n) is 16.9. The van der Waals surface area contributed by atoms with Crippen LogP contribution in [0.15, 0.2) is 48.5 Å². The molecule has 0 unspecified atom stereocenters. The third kappa shape index (κ3) is 3.59. The molecule has 0 bridgehead atoms. The van der Waals surface area contributed by atoms with Crippen LogP contribution in [0.1, 0.15) is 40.2 Å². The summed E-state index contributed by atoms with van der Waals surface area (Å²) in [6.45, 7) is 5.52. The van der Waals surface area contributed by atoms with Crippen LogP contribution in [0.25, 0.3) is 5.69 Å². The largest absolute Gasteiger partial charge is 0.371 e. The van der Waals surface area contributed by atoms with E-state index in [9.17, 15) is 14.9 Å². The first-order chi connectivity index (χ1) is 14.4. The Labute approximate surface area is 179 Å². The van der Waals surface area contributed by atoms with Crippen molar-refractivity contribution in [2.75, 3.05) is 18.0 Å². The number of benzene rings is 2. The highest BCUT2D eigenvalue weighted by Gasteiger charge is 2.26. The second kappa shape index (κ2) is 7.95. The molecule has 0 amide bonds. The number of halogens is 1. The minimum absolute atomic E-state index is 0.110. The number of nitro groups is 1. The SMILES string of the molecule is Cc1cc(C(=O)c2ccc(N3CCCC3)cc2[N+](=O)[O-])c(C)n1-c1ccc(Cl)cc1. The molecule has 1 fully saturated rings. The van der Waals surface area contributed by atoms with Crippen LogP contribution >= 0.6 is 11.6 Å². The quantitative estimate of drug-likeness (QED) is 0.309. The number of hydrogen-bond acceptors (Lipinski definition) is 4. The van der Waals surface area contributed by atoms with Crippen LogP contribution in [-0.4, -0.2) is 28.4 Å². The van der Waals surface area contributed by atoms with Gasteiger partial charge in [-0.1, -0.05) is 11.6 Å². The van der Waals surface area contributed by atoms with Gasteiger partial charge in [0.25, 0.3) is 5.69 Å². The second-order valence-corrected chi connectivity index (χ2v) is 8.01. The molecule has 1 aromatic heterocycles. The molecule has 1 aliphatic heterocycles. The first-order valence-corrected chi connectivity index (χ1v) is 10.3. The molecular weight excluding hydrogens is 402 g/mol. The summed E-state index contributed by atoms with van der Waals surface area (Å²) in [5, 5.41) is 12.4. The topological polar surface area (TPSA) is 68.4 Å². The van der Waals surface area contributed by atoms with Crippen molar-refractivity contribution in [1.29, 1.82) is 0 Å². The van der Waals surface area contributed by atoms with E-state index in [1.54, 1.807) is 24.3 Å². The third-order valence-corrected chi connectivity index (χ3v) is 5.91. The van der Waals surface area contributed by atoms with Gasteiger partial charge in [0.1, 0.15) is 5.56 Å². The lowest BCUT2D eigenvalue weighted by molar-refractivity contribution is -0.385. The maximum absolute atomic E-state index is 13.3. The number of nitro benzene ring substituents is 1. The van der Waals surface area contributed by atoms with Crippen LogP contribution in [0.2, 0.25) is 5.02 Å². The maximum Gasteiger partial charge on any atom is 0.282 e. The van der Waals surface area contributed by atoms with E-state index in [-0.39, 0.29) is 17.0 Å². The minimum Gasteiger partial charge on any atom is -0.371 e. The summed E-state index contributed by atoms with van der Waals surface area (Å²) in [6, 6.07) is 14.0. The van der Waals surface area contributed by atoms with Crippen molar-refractivity contribution in [3.63, 3.8) is 0 Å². The fourth-order valence-corrected chi connectivity index (χ4v) is 4.29. The predicted octanol–water partition coefficient (Wildman–Crippen LogP) is 5.49. The summed E-state index contributed by atoms with van der Waals surface area (Å²) < 4.78 is 1.95. The van der Waals surface area contributed by atoms with Crippen LogP contribution < -0.4 is 4.90 Å².